The second-order valence-electron chi connectivity index (χ2n) is 5.69. The molecule has 1 saturated heterocycles. The van der Waals surface area contributed by atoms with Crippen molar-refractivity contribution in [2.75, 3.05) is 13.1 Å². The fourth-order valence-corrected chi connectivity index (χ4v) is 7.07. The molecule has 3 aromatic rings. The summed E-state index contributed by atoms with van der Waals surface area (Å²) < 4.78 is 33.8. The molecule has 10 heteroatoms. The smallest absolute Gasteiger partial charge is 0.252 e. The topological polar surface area (TPSA) is 76.3 Å². The lowest BCUT2D eigenvalue weighted by Gasteiger charge is -2.29. The number of hydrogen-bond donors (Lipinski definition) is 0. The maximum atomic E-state index is 12.7. The van der Waals surface area contributed by atoms with E-state index in [9.17, 15) is 8.42 Å². The molecule has 0 bridgehead atoms. The Morgan fingerprint density at radius 3 is 2.64 bits per heavy atom. The fourth-order valence-electron chi connectivity index (χ4n) is 2.81. The summed E-state index contributed by atoms with van der Waals surface area (Å²) in [5.41, 5.74) is 0.923. The molecule has 0 radical (unpaired) electrons. The van der Waals surface area contributed by atoms with Gasteiger partial charge in [0.05, 0.1) is 3.79 Å². The van der Waals surface area contributed by atoms with Gasteiger partial charge in [-0.1, -0.05) is 0 Å². The van der Waals surface area contributed by atoms with E-state index in [-0.39, 0.29) is 5.92 Å². The first-order valence-corrected chi connectivity index (χ1v) is 11.6. The van der Waals surface area contributed by atoms with Crippen molar-refractivity contribution < 1.29 is 12.8 Å². The van der Waals surface area contributed by atoms with Gasteiger partial charge in [0, 0.05) is 30.0 Å². The summed E-state index contributed by atoms with van der Waals surface area (Å²) in [6.45, 7) is 0.914. The average Bonchev–Trinajstić information content (AvgIpc) is 3.35. The van der Waals surface area contributed by atoms with E-state index in [4.69, 9.17) is 4.42 Å². The molecule has 0 amide bonds. The molecule has 0 N–H and O–H groups in total. The van der Waals surface area contributed by atoms with Crippen LogP contribution in [0.5, 0.6) is 0 Å². The second-order valence-corrected chi connectivity index (χ2v) is 11.1. The Bertz CT molecular complexity index is 957. The van der Waals surface area contributed by atoms with Gasteiger partial charge in [0.1, 0.15) is 4.21 Å². The Balaban J connectivity index is 1.45. The number of hydrogen-bond acceptors (Lipinski definition) is 7. The van der Waals surface area contributed by atoms with Gasteiger partial charge in [-0.05, 0) is 52.4 Å². The molecule has 1 aliphatic heterocycles. The first kappa shape index (κ1) is 17.3. The van der Waals surface area contributed by atoms with E-state index in [1.165, 1.54) is 15.6 Å². The maximum Gasteiger partial charge on any atom is 0.252 e. The molecule has 4 rings (SSSR count). The normalized spacial score (nSPS) is 17.2. The highest BCUT2D eigenvalue weighted by atomic mass is 79.9. The van der Waals surface area contributed by atoms with Crippen molar-refractivity contribution >= 4 is 48.6 Å². The Morgan fingerprint density at radius 2 is 2.00 bits per heavy atom. The molecule has 4 heterocycles. The largest absolute Gasteiger partial charge is 0.420 e. The molecule has 1 fully saturated rings. The molecule has 1 aliphatic rings. The van der Waals surface area contributed by atoms with Gasteiger partial charge >= 0.3 is 0 Å². The van der Waals surface area contributed by atoms with Crippen molar-refractivity contribution in [3.8, 4) is 11.5 Å². The standard InChI is InChI=1S/C15H14BrN3O3S3/c16-12-1-2-13(24-12)25(20,21)19-6-3-10(4-7-19)14-17-18-15(22-14)11-5-8-23-9-11/h1-2,5,8-10H,3-4,6-7H2. The zero-order valence-corrected chi connectivity index (χ0v) is 17.0. The summed E-state index contributed by atoms with van der Waals surface area (Å²) in [5.74, 6) is 1.22. The van der Waals surface area contributed by atoms with Crippen molar-refractivity contribution in [2.45, 2.75) is 23.0 Å². The first-order chi connectivity index (χ1) is 12.0. The van der Waals surface area contributed by atoms with Crippen molar-refractivity contribution in [1.29, 1.82) is 0 Å². The first-order valence-electron chi connectivity index (χ1n) is 7.65. The molecule has 0 unspecified atom stereocenters. The predicted octanol–water partition coefficient (Wildman–Crippen LogP) is 4.19. The van der Waals surface area contributed by atoms with Crippen LogP contribution in [0.4, 0.5) is 0 Å². The number of aromatic nitrogens is 2. The van der Waals surface area contributed by atoms with E-state index in [2.05, 4.69) is 26.1 Å². The highest BCUT2D eigenvalue weighted by Crippen LogP contribution is 2.34. The zero-order chi connectivity index (χ0) is 17.4. The molecular formula is C15H14BrN3O3S3. The molecule has 3 aromatic heterocycles. The SMILES string of the molecule is O=S(=O)(c1ccc(Br)s1)N1CCC(c2nnc(-c3ccsc3)o2)CC1. The van der Waals surface area contributed by atoms with Crippen molar-refractivity contribution in [3.05, 3.63) is 38.6 Å². The minimum atomic E-state index is -3.42. The number of halogens is 1. The third-order valence-electron chi connectivity index (χ3n) is 4.15. The molecule has 6 nitrogen and oxygen atoms in total. The van der Waals surface area contributed by atoms with Gasteiger partial charge in [-0.2, -0.15) is 15.6 Å². The molecule has 25 heavy (non-hydrogen) atoms. The summed E-state index contributed by atoms with van der Waals surface area (Å²) in [6, 6.07) is 5.34. The number of rotatable bonds is 4. The molecule has 0 spiro atoms. The molecule has 0 atom stereocenters. The molecular weight excluding hydrogens is 446 g/mol. The Labute approximate surface area is 161 Å². The van der Waals surface area contributed by atoms with Crippen molar-refractivity contribution in [3.63, 3.8) is 0 Å². The minimum Gasteiger partial charge on any atom is -0.420 e. The lowest BCUT2D eigenvalue weighted by molar-refractivity contribution is 0.292. The van der Waals surface area contributed by atoms with E-state index in [1.54, 1.807) is 23.5 Å². The quantitative estimate of drug-likeness (QED) is 0.584. The van der Waals surface area contributed by atoms with Crippen molar-refractivity contribution in [1.82, 2.24) is 14.5 Å². The Kier molecular flexibility index (Phi) is 4.80. The van der Waals surface area contributed by atoms with E-state index in [1.807, 2.05) is 16.8 Å². The molecule has 0 saturated carbocycles. The zero-order valence-electron chi connectivity index (χ0n) is 13.0. The summed E-state index contributed by atoms with van der Waals surface area (Å²) in [4.78, 5) is 0. The van der Waals surface area contributed by atoms with E-state index < -0.39 is 10.0 Å². The van der Waals surface area contributed by atoms with Crippen LogP contribution in [-0.4, -0.2) is 36.0 Å². The predicted molar refractivity (Wildman–Crippen MR) is 100 cm³/mol. The van der Waals surface area contributed by atoms with Gasteiger partial charge in [-0.3, -0.25) is 0 Å². The highest BCUT2D eigenvalue weighted by Gasteiger charge is 2.32. The number of nitrogens with zero attached hydrogens (tertiary/aromatic N) is 3. The van der Waals surface area contributed by atoms with Crippen LogP contribution >= 0.6 is 38.6 Å². The molecule has 0 aliphatic carbocycles. The average molecular weight is 460 g/mol. The summed E-state index contributed by atoms with van der Waals surface area (Å²) >= 11 is 6.13. The van der Waals surface area contributed by atoms with Crippen LogP contribution in [0.1, 0.15) is 24.7 Å². The van der Waals surface area contributed by atoms with Crippen LogP contribution in [0.15, 0.2) is 41.4 Å². The number of thiophene rings is 2. The summed E-state index contributed by atoms with van der Waals surface area (Å²) in [6.07, 6.45) is 1.36. The van der Waals surface area contributed by atoms with E-state index in [0.717, 1.165) is 9.35 Å². The highest BCUT2D eigenvalue weighted by molar-refractivity contribution is 9.11. The molecule has 132 valence electrons. The van der Waals surface area contributed by atoms with Gasteiger partial charge in [-0.15, -0.1) is 21.5 Å². The summed E-state index contributed by atoms with van der Waals surface area (Å²) in [7, 11) is -3.42. The van der Waals surface area contributed by atoms with E-state index in [0.29, 0.717) is 41.9 Å². The third kappa shape index (κ3) is 3.45. The monoisotopic (exact) mass is 459 g/mol. The maximum absolute atomic E-state index is 12.7. The van der Waals surface area contributed by atoms with Crippen LogP contribution in [0.25, 0.3) is 11.5 Å². The number of sulfonamides is 1. The molecule has 0 aromatic carbocycles. The van der Waals surface area contributed by atoms with E-state index >= 15 is 0 Å². The van der Waals surface area contributed by atoms with Gasteiger partial charge in [-0.25, -0.2) is 8.42 Å². The third-order valence-corrected chi connectivity index (χ3v) is 8.83. The Morgan fingerprint density at radius 1 is 1.20 bits per heavy atom. The lowest BCUT2D eigenvalue weighted by Crippen LogP contribution is -2.37. The summed E-state index contributed by atoms with van der Waals surface area (Å²) in [5, 5.41) is 12.2. The van der Waals surface area contributed by atoms with Gasteiger partial charge in [0.15, 0.2) is 0 Å². The van der Waals surface area contributed by atoms with Crippen LogP contribution in [-0.2, 0) is 10.0 Å². The van der Waals surface area contributed by atoms with Gasteiger partial charge in [0.2, 0.25) is 11.8 Å². The van der Waals surface area contributed by atoms with Crippen LogP contribution in [0.2, 0.25) is 0 Å². The van der Waals surface area contributed by atoms with Gasteiger partial charge in [0.25, 0.3) is 10.0 Å². The van der Waals surface area contributed by atoms with Crippen LogP contribution in [0, 0.1) is 0 Å². The van der Waals surface area contributed by atoms with Crippen molar-refractivity contribution in [2.24, 2.45) is 0 Å². The van der Waals surface area contributed by atoms with Gasteiger partial charge < -0.3 is 4.42 Å². The minimum absolute atomic E-state index is 0.0985. The fraction of sp³-hybridized carbons (Fsp3) is 0.333. The van der Waals surface area contributed by atoms with Crippen LogP contribution < -0.4 is 0 Å². The van der Waals surface area contributed by atoms with Crippen LogP contribution in [0.3, 0.4) is 0 Å². The Hall–Kier alpha value is -1.07. The lowest BCUT2D eigenvalue weighted by atomic mass is 9.98. The second kappa shape index (κ2) is 6.92. The number of piperidine rings is 1.